The number of piperazine rings is 1. The second kappa shape index (κ2) is 7.57. The molecule has 0 saturated carbocycles. The van der Waals surface area contributed by atoms with Crippen molar-refractivity contribution in [2.75, 3.05) is 31.1 Å². The third-order valence-corrected chi connectivity index (χ3v) is 3.04. The van der Waals surface area contributed by atoms with Gasteiger partial charge in [0, 0.05) is 39.4 Å². The van der Waals surface area contributed by atoms with Crippen molar-refractivity contribution in [1.82, 2.24) is 14.7 Å². The summed E-state index contributed by atoms with van der Waals surface area (Å²) < 4.78 is 1.79. The van der Waals surface area contributed by atoms with Crippen LogP contribution in [0.15, 0.2) is 12.4 Å². The number of carbonyl (C=O) groups excluding carboxylic acids is 1. The number of anilines is 1. The number of rotatable bonds is 2. The number of nitrogens with zero attached hydrogens (tertiary/aromatic N) is 4. The Bertz CT molecular complexity index is 402. The highest BCUT2D eigenvalue weighted by molar-refractivity contribution is 5.85. The zero-order valence-electron chi connectivity index (χ0n) is 11.2. The van der Waals surface area contributed by atoms with Crippen LogP contribution >= 0.6 is 24.8 Å². The Morgan fingerprint density at radius 1 is 1.32 bits per heavy atom. The molecular weight excluding hydrogens is 289 g/mol. The molecule has 1 aliphatic rings. The van der Waals surface area contributed by atoms with Crippen molar-refractivity contribution in [1.29, 1.82) is 0 Å². The van der Waals surface area contributed by atoms with Gasteiger partial charge in [0.2, 0.25) is 5.91 Å². The second-order valence-electron chi connectivity index (χ2n) is 4.47. The highest BCUT2D eigenvalue weighted by Crippen LogP contribution is 2.14. The zero-order valence-corrected chi connectivity index (χ0v) is 12.8. The summed E-state index contributed by atoms with van der Waals surface area (Å²) in [6.45, 7) is 4.87. The van der Waals surface area contributed by atoms with E-state index in [0.29, 0.717) is 0 Å². The lowest BCUT2D eigenvalue weighted by atomic mass is 10.2. The first-order valence-corrected chi connectivity index (χ1v) is 5.86. The molecule has 1 aromatic rings. The van der Waals surface area contributed by atoms with Crippen LogP contribution in [0.3, 0.4) is 0 Å². The Morgan fingerprint density at radius 3 is 2.32 bits per heavy atom. The predicted octanol–water partition coefficient (Wildman–Crippen LogP) is 0.260. The summed E-state index contributed by atoms with van der Waals surface area (Å²) in [6.07, 6.45) is 3.84. The molecule has 1 aromatic heterocycles. The van der Waals surface area contributed by atoms with Crippen LogP contribution in [-0.4, -0.2) is 52.8 Å². The third-order valence-electron chi connectivity index (χ3n) is 3.04. The highest BCUT2D eigenvalue weighted by atomic mass is 35.5. The van der Waals surface area contributed by atoms with Gasteiger partial charge in [-0.3, -0.25) is 9.48 Å². The molecule has 0 spiro atoms. The quantitative estimate of drug-likeness (QED) is 0.851. The second-order valence-corrected chi connectivity index (χ2v) is 4.47. The molecule has 1 fully saturated rings. The number of nitrogens with two attached hydrogens (primary N) is 1. The lowest BCUT2D eigenvalue weighted by molar-refractivity contribution is -0.132. The van der Waals surface area contributed by atoms with E-state index < -0.39 is 6.04 Å². The third kappa shape index (κ3) is 4.26. The van der Waals surface area contributed by atoms with Crippen LogP contribution in [0.5, 0.6) is 0 Å². The van der Waals surface area contributed by atoms with Crippen molar-refractivity contribution in [2.45, 2.75) is 13.0 Å². The summed E-state index contributed by atoms with van der Waals surface area (Å²) >= 11 is 0. The maximum absolute atomic E-state index is 11.7. The van der Waals surface area contributed by atoms with Crippen LogP contribution in [0.1, 0.15) is 6.92 Å². The van der Waals surface area contributed by atoms with Crippen LogP contribution in [0.25, 0.3) is 0 Å². The topological polar surface area (TPSA) is 67.4 Å². The molecule has 0 aromatic carbocycles. The monoisotopic (exact) mass is 309 g/mol. The van der Waals surface area contributed by atoms with Crippen molar-refractivity contribution in [2.24, 2.45) is 12.8 Å². The molecule has 110 valence electrons. The predicted molar refractivity (Wildman–Crippen MR) is 80.1 cm³/mol. The van der Waals surface area contributed by atoms with E-state index in [1.165, 1.54) is 0 Å². The molecular formula is C11H21Cl2N5O. The number of hydrogen-bond acceptors (Lipinski definition) is 4. The van der Waals surface area contributed by atoms with Gasteiger partial charge >= 0.3 is 0 Å². The molecule has 0 radical (unpaired) electrons. The highest BCUT2D eigenvalue weighted by Gasteiger charge is 2.23. The van der Waals surface area contributed by atoms with Gasteiger partial charge in [0.1, 0.15) is 0 Å². The van der Waals surface area contributed by atoms with Crippen molar-refractivity contribution in [3.63, 3.8) is 0 Å². The number of hydrogen-bond donors (Lipinski definition) is 1. The summed E-state index contributed by atoms with van der Waals surface area (Å²) in [5.41, 5.74) is 6.71. The van der Waals surface area contributed by atoms with Crippen LogP contribution < -0.4 is 10.6 Å². The minimum Gasteiger partial charge on any atom is -0.365 e. The summed E-state index contributed by atoms with van der Waals surface area (Å²) in [4.78, 5) is 15.8. The molecule has 19 heavy (non-hydrogen) atoms. The van der Waals surface area contributed by atoms with E-state index in [1.807, 2.05) is 24.3 Å². The van der Waals surface area contributed by atoms with E-state index in [9.17, 15) is 4.79 Å². The fraction of sp³-hybridized carbons (Fsp3) is 0.636. The fourth-order valence-electron chi connectivity index (χ4n) is 2.04. The molecule has 0 bridgehead atoms. The van der Waals surface area contributed by atoms with Crippen LogP contribution in [0.2, 0.25) is 0 Å². The molecule has 2 N–H and O–H groups in total. The Balaban J connectivity index is 0.00000162. The first-order chi connectivity index (χ1) is 8.08. The molecule has 6 nitrogen and oxygen atoms in total. The standard InChI is InChI=1S/C11H19N5O.2ClH/c1-9(12)11(17)16-5-3-15(4-6-16)10-7-13-14(2)8-10;;/h7-9H,3-6,12H2,1-2H3;2*1H/t9-;;/m1../s1. The minimum atomic E-state index is -0.403. The maximum Gasteiger partial charge on any atom is 0.239 e. The zero-order chi connectivity index (χ0) is 12.4. The van der Waals surface area contributed by atoms with E-state index in [4.69, 9.17) is 5.73 Å². The van der Waals surface area contributed by atoms with Gasteiger partial charge < -0.3 is 15.5 Å². The number of carbonyl (C=O) groups is 1. The molecule has 2 rings (SSSR count). The average Bonchev–Trinajstić information content (AvgIpc) is 2.75. The average molecular weight is 310 g/mol. The number of aryl methyl sites for hydroxylation is 1. The molecule has 1 saturated heterocycles. The lowest BCUT2D eigenvalue weighted by Crippen LogP contribution is -2.52. The lowest BCUT2D eigenvalue weighted by Gasteiger charge is -2.36. The SMILES string of the molecule is C[C@@H](N)C(=O)N1CCN(c2cnn(C)c2)CC1.Cl.Cl. The van der Waals surface area contributed by atoms with Gasteiger partial charge in [0.05, 0.1) is 17.9 Å². The molecule has 1 aliphatic heterocycles. The van der Waals surface area contributed by atoms with Crippen molar-refractivity contribution < 1.29 is 4.79 Å². The van der Waals surface area contributed by atoms with E-state index in [-0.39, 0.29) is 30.7 Å². The minimum absolute atomic E-state index is 0. The number of amides is 1. The van der Waals surface area contributed by atoms with Gasteiger partial charge in [0.15, 0.2) is 0 Å². The van der Waals surface area contributed by atoms with Gasteiger partial charge in [-0.05, 0) is 6.92 Å². The molecule has 8 heteroatoms. The molecule has 0 unspecified atom stereocenters. The normalized spacial score (nSPS) is 16.4. The molecule has 1 atom stereocenters. The van der Waals surface area contributed by atoms with Crippen molar-refractivity contribution in [3.05, 3.63) is 12.4 Å². The van der Waals surface area contributed by atoms with Gasteiger partial charge in [-0.2, -0.15) is 5.10 Å². The van der Waals surface area contributed by atoms with Crippen molar-refractivity contribution in [3.8, 4) is 0 Å². The Morgan fingerprint density at radius 2 is 1.89 bits per heavy atom. The van der Waals surface area contributed by atoms with Crippen LogP contribution in [0.4, 0.5) is 5.69 Å². The van der Waals surface area contributed by atoms with Gasteiger partial charge in [0.25, 0.3) is 0 Å². The Hall–Kier alpha value is -0.980. The number of halogens is 2. The Kier molecular flexibility index (Phi) is 7.18. The van der Waals surface area contributed by atoms with Crippen LogP contribution in [-0.2, 0) is 11.8 Å². The van der Waals surface area contributed by atoms with E-state index >= 15 is 0 Å². The molecule has 2 heterocycles. The van der Waals surface area contributed by atoms with Gasteiger partial charge in [-0.1, -0.05) is 0 Å². The maximum atomic E-state index is 11.7. The first-order valence-electron chi connectivity index (χ1n) is 5.86. The largest absolute Gasteiger partial charge is 0.365 e. The van der Waals surface area contributed by atoms with Gasteiger partial charge in [-0.15, -0.1) is 24.8 Å². The smallest absolute Gasteiger partial charge is 0.239 e. The molecule has 0 aliphatic carbocycles. The summed E-state index contributed by atoms with van der Waals surface area (Å²) in [7, 11) is 1.90. The van der Waals surface area contributed by atoms with Gasteiger partial charge in [-0.25, -0.2) is 0 Å². The van der Waals surface area contributed by atoms with Crippen LogP contribution in [0, 0.1) is 0 Å². The Labute approximate surface area is 125 Å². The number of aromatic nitrogens is 2. The summed E-state index contributed by atoms with van der Waals surface area (Å²) in [6, 6.07) is -0.403. The van der Waals surface area contributed by atoms with E-state index in [1.54, 1.807) is 11.6 Å². The molecule has 1 amide bonds. The van der Waals surface area contributed by atoms with E-state index in [2.05, 4.69) is 10.00 Å². The fourth-order valence-corrected chi connectivity index (χ4v) is 2.04. The first kappa shape index (κ1) is 18.0. The summed E-state index contributed by atoms with van der Waals surface area (Å²) in [5, 5.41) is 4.15. The van der Waals surface area contributed by atoms with E-state index in [0.717, 1.165) is 31.9 Å². The summed E-state index contributed by atoms with van der Waals surface area (Å²) in [5.74, 6) is 0.0378. The van der Waals surface area contributed by atoms with Crippen molar-refractivity contribution >= 4 is 36.4 Å².